The number of oxazole rings is 1. The van der Waals surface area contributed by atoms with E-state index in [-0.39, 0.29) is 17.8 Å². The molecule has 0 aliphatic heterocycles. The summed E-state index contributed by atoms with van der Waals surface area (Å²) in [6.45, 7) is 6.90. The van der Waals surface area contributed by atoms with Gasteiger partial charge in [0.25, 0.3) is 6.01 Å². The van der Waals surface area contributed by atoms with E-state index < -0.39 is 29.3 Å². The molecule has 0 fully saturated rings. The maximum atomic E-state index is 12.7. The minimum atomic E-state index is -0.910. The Morgan fingerprint density at radius 2 is 2.00 bits per heavy atom. The van der Waals surface area contributed by atoms with Crippen LogP contribution >= 0.6 is 0 Å². The van der Waals surface area contributed by atoms with Gasteiger partial charge in [-0.2, -0.15) is 4.98 Å². The number of carbonyl (C=O) groups is 2. The first-order valence-electron chi connectivity index (χ1n) is 9.73. The molecular formula is C21H24N4O7. The molecule has 11 heteroatoms. The molecule has 2 N–H and O–H groups in total. The highest BCUT2D eigenvalue weighted by atomic mass is 16.6. The van der Waals surface area contributed by atoms with Crippen molar-refractivity contribution < 1.29 is 27.9 Å². The van der Waals surface area contributed by atoms with Crippen LogP contribution in [0.15, 0.2) is 38.4 Å². The second-order valence-electron chi connectivity index (χ2n) is 7.97. The minimum absolute atomic E-state index is 0.129. The van der Waals surface area contributed by atoms with Gasteiger partial charge < -0.3 is 23.6 Å². The van der Waals surface area contributed by atoms with Crippen LogP contribution in [0.25, 0.3) is 10.9 Å². The Hall–Kier alpha value is -3.89. The second-order valence-corrected chi connectivity index (χ2v) is 7.97. The number of hydrogen-bond donors (Lipinski definition) is 2. The number of aryl methyl sites for hydroxylation is 1. The molecule has 1 atom stereocenters. The zero-order valence-corrected chi connectivity index (χ0v) is 18.3. The number of amides is 1. The van der Waals surface area contributed by atoms with Gasteiger partial charge in [0.2, 0.25) is 0 Å². The van der Waals surface area contributed by atoms with E-state index in [1.165, 1.54) is 19.8 Å². The van der Waals surface area contributed by atoms with Gasteiger partial charge >= 0.3 is 17.7 Å². The molecular weight excluding hydrogens is 420 g/mol. The number of aromatic nitrogens is 2. The molecule has 0 spiro atoms. The van der Waals surface area contributed by atoms with Crippen molar-refractivity contribution in [3.63, 3.8) is 0 Å². The standard InChI is InChI=1S/C21H24N4O7/c1-11-13(25-20(28)32-21(2,3)4)6-7-14-16(11)18(27)31-19(23-14)24-15(17(26)29-5)8-12-9-30-10-22-12/h6-7,9-10,15H,8H2,1-5H3,(H,23,24)(H,25,28)/t15-/m0/s1. The van der Waals surface area contributed by atoms with Crippen LogP contribution in [0, 0.1) is 6.92 Å². The van der Waals surface area contributed by atoms with Crippen LogP contribution in [-0.2, 0) is 20.7 Å². The number of hydrogen-bond acceptors (Lipinski definition) is 10. The summed E-state index contributed by atoms with van der Waals surface area (Å²) < 4.78 is 20.2. The van der Waals surface area contributed by atoms with E-state index in [1.54, 1.807) is 39.8 Å². The molecule has 3 rings (SSSR count). The molecule has 32 heavy (non-hydrogen) atoms. The monoisotopic (exact) mass is 444 g/mol. The Labute approximate surface area is 183 Å². The van der Waals surface area contributed by atoms with E-state index in [4.69, 9.17) is 18.3 Å². The smallest absolute Gasteiger partial charge is 0.412 e. The van der Waals surface area contributed by atoms with Gasteiger partial charge in [-0.15, -0.1) is 0 Å². The molecule has 0 saturated carbocycles. The first kappa shape index (κ1) is 22.8. The summed E-state index contributed by atoms with van der Waals surface area (Å²) in [5, 5.41) is 5.58. The lowest BCUT2D eigenvalue weighted by molar-refractivity contribution is -0.141. The van der Waals surface area contributed by atoms with Gasteiger partial charge in [0.15, 0.2) is 6.39 Å². The summed E-state index contributed by atoms with van der Waals surface area (Å²) in [6, 6.07) is 2.09. The average molecular weight is 444 g/mol. The number of anilines is 2. The fourth-order valence-corrected chi connectivity index (χ4v) is 2.96. The van der Waals surface area contributed by atoms with Crippen molar-refractivity contribution in [3.8, 4) is 0 Å². The molecule has 0 saturated heterocycles. The molecule has 2 aromatic heterocycles. The molecule has 3 aromatic rings. The lowest BCUT2D eigenvalue weighted by Crippen LogP contribution is -2.33. The van der Waals surface area contributed by atoms with Crippen molar-refractivity contribution in [1.29, 1.82) is 0 Å². The van der Waals surface area contributed by atoms with E-state index in [0.717, 1.165) is 0 Å². The van der Waals surface area contributed by atoms with Gasteiger partial charge in [0.1, 0.15) is 17.9 Å². The largest absolute Gasteiger partial charge is 0.467 e. The van der Waals surface area contributed by atoms with Crippen molar-refractivity contribution in [3.05, 3.63) is 46.5 Å². The minimum Gasteiger partial charge on any atom is -0.467 e. The molecule has 0 bridgehead atoms. The number of nitrogens with one attached hydrogen (secondary N) is 2. The summed E-state index contributed by atoms with van der Waals surface area (Å²) >= 11 is 0. The summed E-state index contributed by atoms with van der Waals surface area (Å²) in [7, 11) is 1.24. The average Bonchev–Trinajstić information content (AvgIpc) is 3.20. The van der Waals surface area contributed by atoms with Crippen LogP contribution in [0.4, 0.5) is 16.5 Å². The lowest BCUT2D eigenvalue weighted by Gasteiger charge is -2.20. The third kappa shape index (κ3) is 5.42. The number of nitrogens with zero attached hydrogens (tertiary/aromatic N) is 2. The Morgan fingerprint density at radius 3 is 2.62 bits per heavy atom. The van der Waals surface area contributed by atoms with Crippen LogP contribution in [0.2, 0.25) is 0 Å². The van der Waals surface area contributed by atoms with Crippen molar-refractivity contribution in [2.75, 3.05) is 17.7 Å². The molecule has 0 aliphatic rings. The number of methoxy groups -OCH3 is 1. The van der Waals surface area contributed by atoms with Crippen molar-refractivity contribution in [1.82, 2.24) is 9.97 Å². The third-order valence-corrected chi connectivity index (χ3v) is 4.37. The Kier molecular flexibility index (Phi) is 6.47. The highest BCUT2D eigenvalue weighted by Crippen LogP contribution is 2.24. The van der Waals surface area contributed by atoms with Crippen LogP contribution in [0.1, 0.15) is 32.0 Å². The van der Waals surface area contributed by atoms with E-state index >= 15 is 0 Å². The Balaban J connectivity index is 1.88. The molecule has 0 aliphatic carbocycles. The first-order valence-corrected chi connectivity index (χ1v) is 9.73. The second kappa shape index (κ2) is 9.08. The van der Waals surface area contributed by atoms with Crippen molar-refractivity contribution in [2.24, 2.45) is 0 Å². The zero-order valence-electron chi connectivity index (χ0n) is 18.3. The summed E-state index contributed by atoms with van der Waals surface area (Å²) in [4.78, 5) is 45.2. The topological polar surface area (TPSA) is 146 Å². The normalized spacial score (nSPS) is 12.3. The summed E-state index contributed by atoms with van der Waals surface area (Å²) in [5.41, 5.74) is 0.324. The number of benzene rings is 1. The van der Waals surface area contributed by atoms with Crippen LogP contribution in [0.3, 0.4) is 0 Å². The number of ether oxygens (including phenoxy) is 2. The molecule has 2 heterocycles. The fourth-order valence-electron chi connectivity index (χ4n) is 2.96. The van der Waals surface area contributed by atoms with Gasteiger partial charge in [-0.05, 0) is 45.4 Å². The maximum absolute atomic E-state index is 12.7. The predicted molar refractivity (Wildman–Crippen MR) is 115 cm³/mol. The molecule has 170 valence electrons. The highest BCUT2D eigenvalue weighted by molar-refractivity contribution is 5.93. The highest BCUT2D eigenvalue weighted by Gasteiger charge is 2.24. The third-order valence-electron chi connectivity index (χ3n) is 4.37. The first-order chi connectivity index (χ1) is 15.1. The SMILES string of the molecule is COC(=O)[C@H](Cc1cocn1)Nc1nc2ccc(NC(=O)OC(C)(C)C)c(C)c2c(=O)o1. The fraction of sp³-hybridized carbons (Fsp3) is 0.381. The number of fused-ring (bicyclic) bond motifs is 1. The quantitative estimate of drug-likeness (QED) is 0.544. The van der Waals surface area contributed by atoms with Crippen LogP contribution < -0.4 is 16.3 Å². The molecule has 1 amide bonds. The number of carbonyl (C=O) groups excluding carboxylic acids is 2. The predicted octanol–water partition coefficient (Wildman–Crippen LogP) is 3.03. The van der Waals surface area contributed by atoms with Gasteiger partial charge in [0.05, 0.1) is 23.7 Å². The van der Waals surface area contributed by atoms with Crippen LogP contribution in [-0.4, -0.2) is 40.8 Å². The van der Waals surface area contributed by atoms with Crippen LogP contribution in [0.5, 0.6) is 0 Å². The molecule has 1 aromatic carbocycles. The van der Waals surface area contributed by atoms with Gasteiger partial charge in [0, 0.05) is 12.1 Å². The Bertz CT molecular complexity index is 1180. The zero-order chi connectivity index (χ0) is 23.5. The van der Waals surface area contributed by atoms with Crippen molar-refractivity contribution >= 4 is 34.7 Å². The Morgan fingerprint density at radius 1 is 1.25 bits per heavy atom. The number of esters is 1. The molecule has 0 unspecified atom stereocenters. The summed E-state index contributed by atoms with van der Waals surface area (Å²) in [5.74, 6) is -0.592. The number of rotatable bonds is 6. The maximum Gasteiger partial charge on any atom is 0.412 e. The molecule has 11 nitrogen and oxygen atoms in total. The lowest BCUT2D eigenvalue weighted by atomic mass is 10.1. The van der Waals surface area contributed by atoms with Gasteiger partial charge in [-0.25, -0.2) is 19.4 Å². The van der Waals surface area contributed by atoms with E-state index in [1.807, 2.05) is 0 Å². The van der Waals surface area contributed by atoms with Crippen molar-refractivity contribution in [2.45, 2.75) is 45.8 Å². The van der Waals surface area contributed by atoms with Gasteiger partial charge in [-0.1, -0.05) is 0 Å². The van der Waals surface area contributed by atoms with E-state index in [2.05, 4.69) is 20.6 Å². The van der Waals surface area contributed by atoms with E-state index in [0.29, 0.717) is 22.5 Å². The van der Waals surface area contributed by atoms with Gasteiger partial charge in [-0.3, -0.25) is 5.32 Å². The summed E-state index contributed by atoms with van der Waals surface area (Å²) in [6.07, 6.45) is 2.11. The van der Waals surface area contributed by atoms with E-state index in [9.17, 15) is 14.4 Å². The molecule has 0 radical (unpaired) electrons.